The molecule has 4 heteroatoms. The largest absolute Gasteiger partial charge is 0.459 e. The molecule has 1 N–H and O–H groups in total. The third-order valence-electron chi connectivity index (χ3n) is 5.19. The third-order valence-corrected chi connectivity index (χ3v) is 5.19. The van der Waals surface area contributed by atoms with E-state index in [1.807, 2.05) is 34.6 Å². The van der Waals surface area contributed by atoms with Crippen LogP contribution in [-0.2, 0) is 14.3 Å². The summed E-state index contributed by atoms with van der Waals surface area (Å²) in [5.74, 6) is -0.937. The van der Waals surface area contributed by atoms with Gasteiger partial charge < -0.3 is 14.6 Å². The fraction of sp³-hybridized carbons (Fsp3) is 0.947. The quantitative estimate of drug-likeness (QED) is 0.673. The molecule has 0 rings (SSSR count). The monoisotopic (exact) mass is 330 g/mol. The highest BCUT2D eigenvalue weighted by Crippen LogP contribution is 2.41. The first-order valence-electron chi connectivity index (χ1n) is 8.65. The Morgan fingerprint density at radius 1 is 1.04 bits per heavy atom. The predicted molar refractivity (Wildman–Crippen MR) is 94.4 cm³/mol. The number of esters is 1. The van der Waals surface area contributed by atoms with Crippen molar-refractivity contribution in [2.75, 3.05) is 6.61 Å². The summed E-state index contributed by atoms with van der Waals surface area (Å²) < 4.78 is 11.7. The van der Waals surface area contributed by atoms with Crippen LogP contribution in [0.2, 0.25) is 0 Å². The van der Waals surface area contributed by atoms with Crippen molar-refractivity contribution >= 4 is 5.97 Å². The third kappa shape index (κ3) is 6.80. The zero-order valence-electron chi connectivity index (χ0n) is 16.9. The molecule has 23 heavy (non-hydrogen) atoms. The smallest absolute Gasteiger partial charge is 0.312 e. The Balaban J connectivity index is 5.00. The van der Waals surface area contributed by atoms with E-state index < -0.39 is 17.1 Å². The molecule has 0 heterocycles. The Hall–Kier alpha value is -0.610. The number of hydrogen-bond donors (Lipinski definition) is 1. The Labute approximate surface area is 142 Å². The molecule has 0 aliphatic rings. The zero-order valence-corrected chi connectivity index (χ0v) is 16.9. The van der Waals surface area contributed by atoms with Crippen LogP contribution in [0.25, 0.3) is 0 Å². The molecule has 0 aromatic carbocycles. The topological polar surface area (TPSA) is 55.8 Å². The minimum Gasteiger partial charge on any atom is -0.459 e. The maximum Gasteiger partial charge on any atom is 0.312 e. The van der Waals surface area contributed by atoms with E-state index in [4.69, 9.17) is 9.47 Å². The molecule has 0 saturated heterocycles. The first-order valence-corrected chi connectivity index (χ1v) is 8.65. The summed E-state index contributed by atoms with van der Waals surface area (Å²) >= 11 is 0. The Kier molecular flexibility index (Phi) is 7.32. The van der Waals surface area contributed by atoms with Gasteiger partial charge in [0.05, 0.1) is 17.1 Å². The molecule has 2 unspecified atom stereocenters. The Morgan fingerprint density at radius 2 is 1.52 bits per heavy atom. The van der Waals surface area contributed by atoms with Crippen LogP contribution in [0.1, 0.15) is 82.1 Å². The van der Waals surface area contributed by atoms with Crippen molar-refractivity contribution < 1.29 is 19.4 Å². The van der Waals surface area contributed by atoms with Gasteiger partial charge in [-0.1, -0.05) is 13.8 Å². The van der Waals surface area contributed by atoms with E-state index in [-0.39, 0.29) is 17.0 Å². The van der Waals surface area contributed by atoms with Crippen LogP contribution in [0.5, 0.6) is 0 Å². The minimum absolute atomic E-state index is 0.176. The predicted octanol–water partition coefficient (Wildman–Crippen LogP) is 4.34. The first-order chi connectivity index (χ1) is 10.1. The summed E-state index contributed by atoms with van der Waals surface area (Å²) in [6.07, 6.45) is 1.68. The summed E-state index contributed by atoms with van der Waals surface area (Å²) in [7, 11) is 0. The van der Waals surface area contributed by atoms with E-state index in [0.717, 1.165) is 12.8 Å². The standard InChI is InChI=1S/C19H38O4/c1-11-19(10,12-13-22-16(3,4)5)18(8,9)23-15(20)14(2)17(6,7)21/h14,21H,11-13H2,1-10H3. The molecule has 0 amide bonds. The lowest BCUT2D eigenvalue weighted by atomic mass is 9.71. The van der Waals surface area contributed by atoms with Crippen molar-refractivity contribution in [3.8, 4) is 0 Å². The molecule has 138 valence electrons. The first kappa shape index (κ1) is 22.4. The normalized spacial score (nSPS) is 17.5. The van der Waals surface area contributed by atoms with Gasteiger partial charge in [0, 0.05) is 12.0 Å². The van der Waals surface area contributed by atoms with Crippen molar-refractivity contribution in [1.29, 1.82) is 0 Å². The molecule has 0 radical (unpaired) electrons. The molecule has 0 fully saturated rings. The van der Waals surface area contributed by atoms with Gasteiger partial charge >= 0.3 is 5.97 Å². The van der Waals surface area contributed by atoms with Gasteiger partial charge in [-0.25, -0.2) is 0 Å². The van der Waals surface area contributed by atoms with Gasteiger partial charge in [-0.15, -0.1) is 0 Å². The number of hydrogen-bond acceptors (Lipinski definition) is 4. The van der Waals surface area contributed by atoms with Crippen LogP contribution in [0.3, 0.4) is 0 Å². The molecular weight excluding hydrogens is 292 g/mol. The Morgan fingerprint density at radius 3 is 1.87 bits per heavy atom. The van der Waals surface area contributed by atoms with E-state index in [9.17, 15) is 9.90 Å². The Bertz CT molecular complexity index is 387. The average Bonchev–Trinajstić information content (AvgIpc) is 2.34. The number of carbonyl (C=O) groups is 1. The lowest BCUT2D eigenvalue weighted by Crippen LogP contribution is -2.48. The number of carbonyl (C=O) groups excluding carboxylic acids is 1. The second-order valence-corrected chi connectivity index (χ2v) is 8.93. The fourth-order valence-corrected chi connectivity index (χ4v) is 2.24. The maximum atomic E-state index is 12.4. The molecule has 0 aliphatic heterocycles. The van der Waals surface area contributed by atoms with E-state index >= 15 is 0 Å². The van der Waals surface area contributed by atoms with Crippen molar-refractivity contribution in [3.63, 3.8) is 0 Å². The van der Waals surface area contributed by atoms with E-state index in [1.165, 1.54) is 0 Å². The fourth-order valence-electron chi connectivity index (χ4n) is 2.24. The van der Waals surface area contributed by atoms with Gasteiger partial charge in [0.2, 0.25) is 0 Å². The molecule has 0 aromatic heterocycles. The average molecular weight is 331 g/mol. The highest BCUT2D eigenvalue weighted by Gasteiger charge is 2.44. The second-order valence-electron chi connectivity index (χ2n) is 8.93. The molecular formula is C19H38O4. The molecule has 0 spiro atoms. The van der Waals surface area contributed by atoms with Crippen molar-refractivity contribution in [2.45, 2.75) is 98.9 Å². The lowest BCUT2D eigenvalue weighted by molar-refractivity contribution is -0.184. The van der Waals surface area contributed by atoms with Crippen LogP contribution in [0, 0.1) is 11.3 Å². The second kappa shape index (κ2) is 7.52. The van der Waals surface area contributed by atoms with Gasteiger partial charge in [-0.05, 0) is 68.2 Å². The van der Waals surface area contributed by atoms with Crippen molar-refractivity contribution in [2.24, 2.45) is 11.3 Å². The van der Waals surface area contributed by atoms with Crippen LogP contribution in [0.4, 0.5) is 0 Å². The summed E-state index contributed by atoms with van der Waals surface area (Å²) in [5, 5.41) is 10.0. The molecule has 0 saturated carbocycles. The van der Waals surface area contributed by atoms with Crippen molar-refractivity contribution in [1.82, 2.24) is 0 Å². The SMILES string of the molecule is CCC(C)(CCOC(C)(C)C)C(C)(C)OC(=O)C(C)C(C)(C)O. The summed E-state index contributed by atoms with van der Waals surface area (Å²) in [5.41, 5.74) is -2.11. The van der Waals surface area contributed by atoms with Crippen LogP contribution in [0.15, 0.2) is 0 Å². The summed E-state index contributed by atoms with van der Waals surface area (Å²) in [6, 6.07) is 0. The van der Waals surface area contributed by atoms with E-state index in [1.54, 1.807) is 20.8 Å². The van der Waals surface area contributed by atoms with Crippen molar-refractivity contribution in [3.05, 3.63) is 0 Å². The minimum atomic E-state index is -1.09. The van der Waals surface area contributed by atoms with Crippen LogP contribution < -0.4 is 0 Å². The summed E-state index contributed by atoms with van der Waals surface area (Å²) in [4.78, 5) is 12.4. The van der Waals surface area contributed by atoms with Gasteiger partial charge in [0.25, 0.3) is 0 Å². The number of ether oxygens (including phenoxy) is 2. The van der Waals surface area contributed by atoms with Gasteiger partial charge in [-0.3, -0.25) is 4.79 Å². The van der Waals surface area contributed by atoms with Crippen LogP contribution in [-0.4, -0.2) is 34.5 Å². The summed E-state index contributed by atoms with van der Waals surface area (Å²) in [6.45, 7) is 19.8. The number of rotatable bonds is 8. The molecule has 0 aliphatic carbocycles. The van der Waals surface area contributed by atoms with Gasteiger partial charge in [0.15, 0.2) is 0 Å². The molecule has 0 bridgehead atoms. The van der Waals surface area contributed by atoms with Crippen LogP contribution >= 0.6 is 0 Å². The molecule has 4 nitrogen and oxygen atoms in total. The maximum absolute atomic E-state index is 12.4. The number of aliphatic hydroxyl groups is 1. The molecule has 0 aromatic rings. The molecule has 2 atom stereocenters. The van der Waals surface area contributed by atoms with E-state index in [2.05, 4.69) is 13.8 Å². The highest BCUT2D eigenvalue weighted by atomic mass is 16.6. The van der Waals surface area contributed by atoms with Gasteiger partial charge in [0.1, 0.15) is 5.60 Å². The highest BCUT2D eigenvalue weighted by molar-refractivity contribution is 5.73. The van der Waals surface area contributed by atoms with E-state index in [0.29, 0.717) is 6.61 Å². The lowest BCUT2D eigenvalue weighted by Gasteiger charge is -2.44. The van der Waals surface area contributed by atoms with Gasteiger partial charge in [-0.2, -0.15) is 0 Å². The zero-order chi connectivity index (χ0) is 18.7.